The van der Waals surface area contributed by atoms with Crippen molar-refractivity contribution in [2.24, 2.45) is 0 Å². The Hall–Kier alpha value is -3.23. The summed E-state index contributed by atoms with van der Waals surface area (Å²) in [4.78, 5) is 37.5. The largest absolute Gasteiger partial charge is 0.475 e. The van der Waals surface area contributed by atoms with E-state index >= 15 is 0 Å². The summed E-state index contributed by atoms with van der Waals surface area (Å²) < 4.78 is 23.4. The van der Waals surface area contributed by atoms with Gasteiger partial charge in [0.05, 0.1) is 23.3 Å². The fourth-order valence-electron chi connectivity index (χ4n) is 2.59. The Kier molecular flexibility index (Phi) is 5.39. The number of rotatable bonds is 6. The van der Waals surface area contributed by atoms with Crippen LogP contribution in [0.15, 0.2) is 18.2 Å². The van der Waals surface area contributed by atoms with Gasteiger partial charge >= 0.3 is 11.7 Å². The SMILES string of the molecule is COC(=O)c1c(C)[nH]c(C(=O)[C@H](C)Oc2cc(F)ccc2[N+](=O)[O-])c1C. The van der Waals surface area contributed by atoms with Crippen LogP contribution in [0.1, 0.15) is 39.0 Å². The zero-order valence-corrected chi connectivity index (χ0v) is 14.6. The first-order chi connectivity index (χ1) is 12.2. The van der Waals surface area contributed by atoms with Gasteiger partial charge in [0.1, 0.15) is 5.82 Å². The van der Waals surface area contributed by atoms with E-state index in [4.69, 9.17) is 4.74 Å². The normalized spacial score (nSPS) is 11.7. The molecular formula is C17H17FN2O6. The van der Waals surface area contributed by atoms with Crippen molar-refractivity contribution in [3.05, 3.63) is 56.6 Å². The first-order valence-electron chi connectivity index (χ1n) is 7.59. The Bertz CT molecular complexity index is 890. The number of aromatic amines is 1. The lowest BCUT2D eigenvalue weighted by Crippen LogP contribution is -2.25. The summed E-state index contributed by atoms with van der Waals surface area (Å²) >= 11 is 0. The third kappa shape index (κ3) is 3.56. The molecule has 0 saturated heterocycles. The number of halogens is 1. The minimum atomic E-state index is -1.15. The van der Waals surface area contributed by atoms with Crippen molar-refractivity contribution in [1.82, 2.24) is 4.98 Å². The highest BCUT2D eigenvalue weighted by molar-refractivity contribution is 6.03. The molecule has 0 amide bonds. The highest BCUT2D eigenvalue weighted by atomic mass is 19.1. The van der Waals surface area contributed by atoms with E-state index in [1.165, 1.54) is 14.0 Å². The van der Waals surface area contributed by atoms with Crippen LogP contribution in [0.5, 0.6) is 5.75 Å². The van der Waals surface area contributed by atoms with Gasteiger partial charge in [-0.05, 0) is 32.4 Å². The second kappa shape index (κ2) is 7.34. The molecule has 0 aliphatic carbocycles. The molecule has 8 nitrogen and oxygen atoms in total. The first kappa shape index (κ1) is 19.1. The van der Waals surface area contributed by atoms with Gasteiger partial charge in [0.15, 0.2) is 6.10 Å². The topological polar surface area (TPSA) is 112 Å². The molecule has 0 radical (unpaired) electrons. The number of aromatic nitrogens is 1. The summed E-state index contributed by atoms with van der Waals surface area (Å²) in [6, 6.07) is 2.73. The quantitative estimate of drug-likeness (QED) is 0.365. The molecule has 9 heteroatoms. The highest BCUT2D eigenvalue weighted by Crippen LogP contribution is 2.29. The molecule has 1 heterocycles. The van der Waals surface area contributed by atoms with E-state index in [2.05, 4.69) is 9.72 Å². The fraction of sp³-hybridized carbons (Fsp3) is 0.294. The van der Waals surface area contributed by atoms with Gasteiger partial charge in [-0.25, -0.2) is 9.18 Å². The molecule has 1 aromatic heterocycles. The van der Waals surface area contributed by atoms with Gasteiger partial charge in [-0.2, -0.15) is 0 Å². The standard InChI is InChI=1S/C17H17FN2O6/c1-8-14(17(22)25-4)9(2)19-15(8)16(21)10(3)26-13-7-11(18)5-6-12(13)20(23)24/h5-7,10,19H,1-4H3/t10-/m0/s1. The molecular weight excluding hydrogens is 347 g/mol. The van der Waals surface area contributed by atoms with E-state index in [9.17, 15) is 24.1 Å². The lowest BCUT2D eigenvalue weighted by Gasteiger charge is -2.13. The maximum atomic E-state index is 13.4. The maximum absolute atomic E-state index is 13.4. The number of carbonyl (C=O) groups is 2. The monoisotopic (exact) mass is 364 g/mol. The molecule has 138 valence electrons. The van der Waals surface area contributed by atoms with Crippen molar-refractivity contribution in [2.75, 3.05) is 7.11 Å². The molecule has 0 aliphatic heterocycles. The minimum Gasteiger partial charge on any atom is -0.475 e. The van der Waals surface area contributed by atoms with Crippen LogP contribution >= 0.6 is 0 Å². The van der Waals surface area contributed by atoms with Gasteiger partial charge in [-0.15, -0.1) is 0 Å². The number of hydrogen-bond acceptors (Lipinski definition) is 6. The number of esters is 1. The van der Waals surface area contributed by atoms with Gasteiger partial charge in [0, 0.05) is 17.8 Å². The molecule has 1 atom stereocenters. The molecule has 2 rings (SSSR count). The molecule has 26 heavy (non-hydrogen) atoms. The van der Waals surface area contributed by atoms with Gasteiger partial charge < -0.3 is 14.5 Å². The maximum Gasteiger partial charge on any atom is 0.339 e. The zero-order valence-electron chi connectivity index (χ0n) is 14.6. The molecule has 0 fully saturated rings. The van der Waals surface area contributed by atoms with Crippen LogP contribution in [-0.4, -0.2) is 34.9 Å². The third-order valence-corrected chi connectivity index (χ3v) is 3.86. The van der Waals surface area contributed by atoms with E-state index < -0.39 is 34.3 Å². The Morgan fingerprint density at radius 2 is 1.96 bits per heavy atom. The Morgan fingerprint density at radius 3 is 2.54 bits per heavy atom. The summed E-state index contributed by atoms with van der Waals surface area (Å²) in [6.45, 7) is 4.56. The molecule has 0 spiro atoms. The number of nitrogens with zero attached hydrogens (tertiary/aromatic N) is 1. The van der Waals surface area contributed by atoms with E-state index in [0.717, 1.165) is 18.2 Å². The van der Waals surface area contributed by atoms with Crippen molar-refractivity contribution in [3.8, 4) is 5.75 Å². The predicted octanol–water partition coefficient (Wildman–Crippen LogP) is 3.12. The molecule has 1 aromatic carbocycles. The van der Waals surface area contributed by atoms with Crippen LogP contribution in [0, 0.1) is 29.8 Å². The smallest absolute Gasteiger partial charge is 0.339 e. The third-order valence-electron chi connectivity index (χ3n) is 3.86. The summed E-state index contributed by atoms with van der Waals surface area (Å²) in [5, 5.41) is 11.0. The Labute approximate surface area is 148 Å². The van der Waals surface area contributed by atoms with Crippen LogP contribution in [-0.2, 0) is 4.74 Å². The number of hydrogen-bond donors (Lipinski definition) is 1. The summed E-state index contributed by atoms with van der Waals surface area (Å²) in [6.07, 6.45) is -1.15. The molecule has 1 N–H and O–H groups in total. The van der Waals surface area contributed by atoms with E-state index in [0.29, 0.717) is 11.3 Å². The number of carbonyl (C=O) groups excluding carboxylic acids is 2. The average molecular weight is 364 g/mol. The minimum absolute atomic E-state index is 0.120. The molecule has 0 unspecified atom stereocenters. The number of nitro benzene ring substituents is 1. The van der Waals surface area contributed by atoms with Crippen molar-refractivity contribution in [2.45, 2.75) is 26.9 Å². The van der Waals surface area contributed by atoms with Crippen molar-refractivity contribution in [3.63, 3.8) is 0 Å². The van der Waals surface area contributed by atoms with E-state index in [-0.39, 0.29) is 17.0 Å². The van der Waals surface area contributed by atoms with Crippen LogP contribution in [0.3, 0.4) is 0 Å². The van der Waals surface area contributed by atoms with Crippen molar-refractivity contribution in [1.29, 1.82) is 0 Å². The van der Waals surface area contributed by atoms with E-state index in [1.54, 1.807) is 13.8 Å². The van der Waals surface area contributed by atoms with Crippen LogP contribution in [0.25, 0.3) is 0 Å². The lowest BCUT2D eigenvalue weighted by atomic mass is 10.1. The highest BCUT2D eigenvalue weighted by Gasteiger charge is 2.28. The van der Waals surface area contributed by atoms with E-state index in [1.807, 2.05) is 0 Å². The number of ketones is 1. The van der Waals surface area contributed by atoms with Crippen LogP contribution < -0.4 is 4.74 Å². The average Bonchev–Trinajstić information content (AvgIpc) is 2.87. The number of H-pyrrole nitrogens is 1. The number of aryl methyl sites for hydroxylation is 1. The Morgan fingerprint density at radius 1 is 1.31 bits per heavy atom. The number of ether oxygens (including phenoxy) is 2. The molecule has 0 aliphatic rings. The second-order valence-electron chi connectivity index (χ2n) is 5.61. The number of nitrogens with one attached hydrogen (secondary N) is 1. The van der Waals surface area contributed by atoms with Gasteiger partial charge in [-0.1, -0.05) is 0 Å². The van der Waals surface area contributed by atoms with Crippen molar-refractivity contribution >= 4 is 17.4 Å². The van der Waals surface area contributed by atoms with Gasteiger partial charge in [0.25, 0.3) is 0 Å². The number of nitro groups is 1. The van der Waals surface area contributed by atoms with Gasteiger partial charge in [0.2, 0.25) is 11.5 Å². The summed E-state index contributed by atoms with van der Waals surface area (Å²) in [5.74, 6) is -2.22. The van der Waals surface area contributed by atoms with Crippen LogP contribution in [0.2, 0.25) is 0 Å². The Balaban J connectivity index is 2.34. The fourth-order valence-corrected chi connectivity index (χ4v) is 2.59. The number of benzene rings is 1. The van der Waals surface area contributed by atoms with Gasteiger partial charge in [-0.3, -0.25) is 14.9 Å². The zero-order chi connectivity index (χ0) is 19.6. The summed E-state index contributed by atoms with van der Waals surface area (Å²) in [5.41, 5.74) is 0.722. The number of Topliss-reactive ketones (excluding diaryl/α,β-unsaturated/α-hetero) is 1. The summed E-state index contributed by atoms with van der Waals surface area (Å²) in [7, 11) is 1.23. The predicted molar refractivity (Wildman–Crippen MR) is 89.1 cm³/mol. The second-order valence-corrected chi connectivity index (χ2v) is 5.61. The number of methoxy groups -OCH3 is 1. The first-order valence-corrected chi connectivity index (χ1v) is 7.59. The van der Waals surface area contributed by atoms with Crippen LogP contribution in [0.4, 0.5) is 10.1 Å². The molecule has 0 bridgehead atoms. The lowest BCUT2D eigenvalue weighted by molar-refractivity contribution is -0.386. The molecule has 2 aromatic rings. The molecule has 0 saturated carbocycles. The van der Waals surface area contributed by atoms with Crippen molar-refractivity contribution < 1.29 is 28.4 Å².